The van der Waals surface area contributed by atoms with Crippen LogP contribution in [-0.4, -0.2) is 48.1 Å². The smallest absolute Gasteiger partial charge is 0.0323 e. The molecule has 0 aliphatic carbocycles. The number of piperidine rings is 1. The van der Waals surface area contributed by atoms with Crippen LogP contribution in [0.15, 0.2) is 24.3 Å². The van der Waals surface area contributed by atoms with Crippen molar-refractivity contribution in [1.29, 1.82) is 0 Å². The second-order valence-electron chi connectivity index (χ2n) is 6.84. The van der Waals surface area contributed by atoms with Gasteiger partial charge in [-0.2, -0.15) is 0 Å². The number of nitrogens with zero attached hydrogens (tertiary/aromatic N) is 2. The first-order valence-electron chi connectivity index (χ1n) is 8.44. The predicted octanol–water partition coefficient (Wildman–Crippen LogP) is 2.55. The van der Waals surface area contributed by atoms with Gasteiger partial charge in [0.1, 0.15) is 0 Å². The Kier molecular flexibility index (Phi) is 4.63. The molecule has 0 spiro atoms. The molecule has 0 aromatic heterocycles. The first kappa shape index (κ1) is 15.0. The number of hydrogen-bond donors (Lipinski definition) is 1. The van der Waals surface area contributed by atoms with Gasteiger partial charge in [-0.25, -0.2) is 0 Å². The Labute approximate surface area is 129 Å². The van der Waals surface area contributed by atoms with E-state index in [4.69, 9.17) is 5.73 Å². The van der Waals surface area contributed by atoms with Crippen LogP contribution < -0.4 is 5.73 Å². The van der Waals surface area contributed by atoms with E-state index in [1.165, 1.54) is 56.6 Å². The molecule has 2 aliphatic heterocycles. The van der Waals surface area contributed by atoms with Gasteiger partial charge >= 0.3 is 0 Å². The summed E-state index contributed by atoms with van der Waals surface area (Å²) in [4.78, 5) is 5.33. The summed E-state index contributed by atoms with van der Waals surface area (Å²) in [5, 5.41) is 0. The highest BCUT2D eigenvalue weighted by Gasteiger charge is 2.32. The minimum atomic E-state index is 0.435. The van der Waals surface area contributed by atoms with Gasteiger partial charge in [0.25, 0.3) is 0 Å². The molecule has 2 aliphatic rings. The van der Waals surface area contributed by atoms with Crippen molar-refractivity contribution in [2.45, 2.75) is 51.2 Å². The molecule has 21 heavy (non-hydrogen) atoms. The highest BCUT2D eigenvalue weighted by Crippen LogP contribution is 2.29. The average molecular weight is 287 g/mol. The number of hydrogen-bond acceptors (Lipinski definition) is 3. The second kappa shape index (κ2) is 6.47. The molecule has 3 nitrogen and oxygen atoms in total. The minimum Gasteiger partial charge on any atom is -0.328 e. The average Bonchev–Trinajstić information content (AvgIpc) is 2.98. The first-order valence-corrected chi connectivity index (χ1v) is 8.44. The Balaban J connectivity index is 1.60. The van der Waals surface area contributed by atoms with Crippen molar-refractivity contribution in [2.24, 2.45) is 5.73 Å². The lowest BCUT2D eigenvalue weighted by Crippen LogP contribution is -2.46. The third-order valence-corrected chi connectivity index (χ3v) is 5.47. The minimum absolute atomic E-state index is 0.435. The molecule has 2 unspecified atom stereocenters. The summed E-state index contributed by atoms with van der Waals surface area (Å²) in [6.45, 7) is 9.41. The van der Waals surface area contributed by atoms with Gasteiger partial charge in [-0.15, -0.1) is 0 Å². The largest absolute Gasteiger partial charge is 0.328 e. The van der Waals surface area contributed by atoms with Gasteiger partial charge in [-0.3, -0.25) is 9.80 Å². The van der Waals surface area contributed by atoms with Gasteiger partial charge in [0, 0.05) is 31.2 Å². The van der Waals surface area contributed by atoms with E-state index in [0.717, 1.165) is 6.04 Å². The van der Waals surface area contributed by atoms with Crippen molar-refractivity contribution in [3.05, 3.63) is 35.4 Å². The third-order valence-electron chi connectivity index (χ3n) is 5.47. The third kappa shape index (κ3) is 3.31. The van der Waals surface area contributed by atoms with Crippen molar-refractivity contribution >= 4 is 0 Å². The number of likely N-dealkylation sites (tertiary alicyclic amines) is 2. The molecule has 2 heterocycles. The maximum Gasteiger partial charge on any atom is 0.0323 e. The molecule has 3 rings (SSSR count). The zero-order valence-corrected chi connectivity index (χ0v) is 13.5. The number of nitrogens with two attached hydrogens (primary N) is 1. The fraction of sp³-hybridized carbons (Fsp3) is 0.667. The molecule has 2 N–H and O–H groups in total. The van der Waals surface area contributed by atoms with Crippen LogP contribution in [-0.2, 0) is 0 Å². The van der Waals surface area contributed by atoms with Crippen molar-refractivity contribution in [3.8, 4) is 0 Å². The highest BCUT2D eigenvalue weighted by atomic mass is 15.3. The predicted molar refractivity (Wildman–Crippen MR) is 88.4 cm³/mol. The van der Waals surface area contributed by atoms with Gasteiger partial charge in [0.2, 0.25) is 0 Å². The fourth-order valence-electron chi connectivity index (χ4n) is 3.95. The molecular formula is C18H29N3. The molecule has 0 amide bonds. The molecule has 1 aromatic carbocycles. The van der Waals surface area contributed by atoms with Gasteiger partial charge in [0.05, 0.1) is 0 Å². The van der Waals surface area contributed by atoms with E-state index in [-0.39, 0.29) is 0 Å². The van der Waals surface area contributed by atoms with Gasteiger partial charge < -0.3 is 5.73 Å². The summed E-state index contributed by atoms with van der Waals surface area (Å²) in [5.41, 5.74) is 8.93. The molecule has 2 atom stereocenters. The Morgan fingerprint density at radius 1 is 1.10 bits per heavy atom. The summed E-state index contributed by atoms with van der Waals surface area (Å²) < 4.78 is 0. The Morgan fingerprint density at radius 2 is 1.81 bits per heavy atom. The van der Waals surface area contributed by atoms with Crippen LogP contribution in [0.3, 0.4) is 0 Å². The molecule has 2 fully saturated rings. The van der Waals surface area contributed by atoms with Crippen LogP contribution in [0.25, 0.3) is 0 Å². The van der Waals surface area contributed by atoms with E-state index >= 15 is 0 Å². The second-order valence-corrected chi connectivity index (χ2v) is 6.84. The van der Waals surface area contributed by atoms with Crippen molar-refractivity contribution in [2.75, 3.05) is 26.2 Å². The number of rotatable bonds is 3. The van der Waals surface area contributed by atoms with E-state index in [2.05, 4.69) is 47.9 Å². The topological polar surface area (TPSA) is 32.5 Å². The molecule has 0 saturated carbocycles. The molecule has 0 bridgehead atoms. The van der Waals surface area contributed by atoms with E-state index in [9.17, 15) is 0 Å². The van der Waals surface area contributed by atoms with Crippen LogP contribution in [0.2, 0.25) is 0 Å². The van der Waals surface area contributed by atoms with Crippen LogP contribution in [0, 0.1) is 6.92 Å². The normalized spacial score (nSPS) is 27.1. The molecule has 1 aromatic rings. The van der Waals surface area contributed by atoms with E-state index in [1.807, 2.05) is 0 Å². The molecule has 116 valence electrons. The SMILES string of the molecule is Cc1ccccc1C(C)N1CCC(N2CCC(N)CC2)C1. The van der Waals surface area contributed by atoms with Crippen molar-refractivity contribution in [3.63, 3.8) is 0 Å². The summed E-state index contributed by atoms with van der Waals surface area (Å²) in [7, 11) is 0. The molecule has 0 radical (unpaired) electrons. The van der Waals surface area contributed by atoms with Crippen molar-refractivity contribution in [1.82, 2.24) is 9.80 Å². The fourth-order valence-corrected chi connectivity index (χ4v) is 3.95. The van der Waals surface area contributed by atoms with Crippen LogP contribution >= 0.6 is 0 Å². The van der Waals surface area contributed by atoms with Gasteiger partial charge in [-0.05, 0) is 57.3 Å². The zero-order chi connectivity index (χ0) is 14.8. The maximum absolute atomic E-state index is 6.03. The molecular weight excluding hydrogens is 258 g/mol. The van der Waals surface area contributed by atoms with Crippen LogP contribution in [0.1, 0.15) is 43.4 Å². The number of benzene rings is 1. The number of aryl methyl sites for hydroxylation is 1. The first-order chi connectivity index (χ1) is 10.1. The zero-order valence-electron chi connectivity index (χ0n) is 13.5. The summed E-state index contributed by atoms with van der Waals surface area (Å²) >= 11 is 0. The lowest BCUT2D eigenvalue weighted by atomic mass is 10.0. The quantitative estimate of drug-likeness (QED) is 0.927. The Hall–Kier alpha value is -0.900. The monoisotopic (exact) mass is 287 g/mol. The van der Waals surface area contributed by atoms with Crippen LogP contribution in [0.5, 0.6) is 0 Å². The lowest BCUT2D eigenvalue weighted by molar-refractivity contribution is 0.146. The Bertz CT molecular complexity index is 465. The summed E-state index contributed by atoms with van der Waals surface area (Å²) in [6.07, 6.45) is 3.65. The highest BCUT2D eigenvalue weighted by molar-refractivity contribution is 5.28. The van der Waals surface area contributed by atoms with Crippen LogP contribution in [0.4, 0.5) is 0 Å². The van der Waals surface area contributed by atoms with E-state index in [0.29, 0.717) is 12.1 Å². The van der Waals surface area contributed by atoms with Crippen molar-refractivity contribution < 1.29 is 0 Å². The summed E-state index contributed by atoms with van der Waals surface area (Å²) in [5.74, 6) is 0. The van der Waals surface area contributed by atoms with E-state index in [1.54, 1.807) is 0 Å². The van der Waals surface area contributed by atoms with Gasteiger partial charge in [0.15, 0.2) is 0 Å². The summed E-state index contributed by atoms with van der Waals surface area (Å²) in [6, 6.07) is 10.5. The molecule has 2 saturated heterocycles. The molecule has 3 heteroatoms. The standard InChI is InChI=1S/C18H29N3/c1-14-5-3-4-6-18(14)15(2)21-12-9-17(13-21)20-10-7-16(19)8-11-20/h3-6,15-17H,7-13,19H2,1-2H3. The Morgan fingerprint density at radius 3 is 2.52 bits per heavy atom. The van der Waals surface area contributed by atoms with E-state index < -0.39 is 0 Å². The lowest BCUT2D eigenvalue weighted by Gasteiger charge is -2.35. The van der Waals surface area contributed by atoms with Gasteiger partial charge in [-0.1, -0.05) is 24.3 Å². The maximum atomic E-state index is 6.03.